The lowest BCUT2D eigenvalue weighted by Crippen LogP contribution is -2.31. The Labute approximate surface area is 116 Å². The zero-order valence-corrected chi connectivity index (χ0v) is 12.8. The maximum Gasteiger partial charge on any atom is 0.213 e. The van der Waals surface area contributed by atoms with Crippen LogP contribution < -0.4 is 15.3 Å². The number of alkyl halides is 2. The fraction of sp³-hybridized carbons (Fsp3) is 0.357. The summed E-state index contributed by atoms with van der Waals surface area (Å²) in [6, 6.07) is 1.57. The van der Waals surface area contributed by atoms with Gasteiger partial charge in [0.15, 0.2) is 5.08 Å². The van der Waals surface area contributed by atoms with Gasteiger partial charge in [0.1, 0.15) is 0 Å². The molecular weight excluding hydrogens is 297 g/mol. The average Bonchev–Trinajstić information content (AvgIpc) is 2.41. The Morgan fingerprint density at radius 3 is 2.50 bits per heavy atom. The minimum Gasteiger partial charge on any atom is -0.481 e. The molecule has 0 aliphatic carbocycles. The highest BCUT2D eigenvalue weighted by Gasteiger charge is 2.10. The third-order valence-corrected chi connectivity index (χ3v) is 2.59. The molecule has 0 radical (unpaired) electrons. The van der Waals surface area contributed by atoms with Gasteiger partial charge in [-0.25, -0.2) is 9.37 Å². The molecule has 0 bridgehead atoms. The Morgan fingerprint density at radius 2 is 2.11 bits per heavy atom. The maximum atomic E-state index is 13.4. The molecule has 18 heavy (non-hydrogen) atoms. The van der Waals surface area contributed by atoms with Crippen LogP contribution in [0, 0.1) is 0 Å². The number of ether oxygens (including phenoxy) is 1. The van der Waals surface area contributed by atoms with Crippen molar-refractivity contribution in [3.05, 3.63) is 34.9 Å². The monoisotopic (exact) mass is 315 g/mol. The van der Waals surface area contributed by atoms with E-state index >= 15 is 0 Å². The minimum atomic E-state index is -1.26. The van der Waals surface area contributed by atoms with Crippen molar-refractivity contribution in [2.24, 2.45) is 0 Å². The number of aromatic nitrogens is 1. The van der Waals surface area contributed by atoms with Crippen LogP contribution in [-0.2, 0) is 0 Å². The van der Waals surface area contributed by atoms with Crippen LogP contribution in [0.5, 0.6) is 5.88 Å². The number of halogens is 2. The summed E-state index contributed by atoms with van der Waals surface area (Å²) in [6.45, 7) is 9.45. The number of methoxy groups -OCH3 is 1. The largest absolute Gasteiger partial charge is 0.481 e. The van der Waals surface area contributed by atoms with Gasteiger partial charge in [-0.05, 0) is 22.9 Å². The Balaban J connectivity index is 0.00000137. The predicted molar refractivity (Wildman–Crippen MR) is 79.0 cm³/mol. The Hall–Kier alpha value is -1.16. The molecule has 100 valence electrons. The van der Waals surface area contributed by atoms with Crippen molar-refractivity contribution in [1.29, 1.82) is 0 Å². The molecular formula is C14H19BrFNO. The van der Waals surface area contributed by atoms with Crippen molar-refractivity contribution >= 4 is 28.1 Å². The predicted octanol–water partition coefficient (Wildman–Crippen LogP) is 3.25. The number of pyridine rings is 1. The molecule has 0 saturated heterocycles. The van der Waals surface area contributed by atoms with E-state index in [4.69, 9.17) is 4.74 Å². The van der Waals surface area contributed by atoms with Gasteiger partial charge >= 0.3 is 0 Å². The van der Waals surface area contributed by atoms with Crippen LogP contribution in [0.2, 0.25) is 0 Å². The van der Waals surface area contributed by atoms with Crippen LogP contribution in [0.25, 0.3) is 12.2 Å². The van der Waals surface area contributed by atoms with E-state index in [9.17, 15) is 4.39 Å². The molecule has 0 amide bonds. The van der Waals surface area contributed by atoms with E-state index in [-0.39, 0.29) is 0 Å². The molecule has 0 N–H and O–H groups in total. The standard InChI is InChI=1S/C12H13BrFNO.C2H6/c1-4-6-8-9(12(13)14)7-11(16-3)15-10(8)5-2;1-2/h4-7,12H,1H2,2-3H3;1-2H3/b8-6-,10-5+;. The van der Waals surface area contributed by atoms with E-state index in [2.05, 4.69) is 27.5 Å². The molecule has 1 aromatic rings. The summed E-state index contributed by atoms with van der Waals surface area (Å²) in [4.78, 5) is 4.23. The van der Waals surface area contributed by atoms with Crippen LogP contribution in [0.1, 0.15) is 31.4 Å². The molecule has 0 fully saturated rings. The second kappa shape index (κ2) is 8.86. The van der Waals surface area contributed by atoms with Crippen molar-refractivity contribution in [3.63, 3.8) is 0 Å². The molecule has 1 heterocycles. The van der Waals surface area contributed by atoms with Crippen LogP contribution in [0.15, 0.2) is 18.7 Å². The smallest absolute Gasteiger partial charge is 0.213 e. The normalized spacial score (nSPS) is 13.7. The van der Waals surface area contributed by atoms with Gasteiger partial charge in [-0.1, -0.05) is 38.7 Å². The first-order valence-electron chi connectivity index (χ1n) is 5.76. The van der Waals surface area contributed by atoms with Gasteiger partial charge in [-0.15, -0.1) is 0 Å². The van der Waals surface area contributed by atoms with Gasteiger partial charge in [0, 0.05) is 16.8 Å². The summed E-state index contributed by atoms with van der Waals surface area (Å²) in [5.74, 6) is 0.395. The quantitative estimate of drug-likeness (QED) is 0.799. The lowest BCUT2D eigenvalue weighted by molar-refractivity contribution is 0.393. The molecule has 4 heteroatoms. The van der Waals surface area contributed by atoms with E-state index in [1.54, 1.807) is 24.3 Å². The van der Waals surface area contributed by atoms with E-state index < -0.39 is 5.08 Å². The topological polar surface area (TPSA) is 22.1 Å². The molecule has 0 aliphatic rings. The van der Waals surface area contributed by atoms with Crippen LogP contribution in [-0.4, -0.2) is 12.1 Å². The summed E-state index contributed by atoms with van der Waals surface area (Å²) in [5, 5.41) is 0.133. The highest BCUT2D eigenvalue weighted by atomic mass is 79.9. The van der Waals surface area contributed by atoms with Gasteiger partial charge in [0.25, 0.3) is 0 Å². The molecule has 0 saturated carbocycles. The highest BCUT2D eigenvalue weighted by molar-refractivity contribution is 9.09. The van der Waals surface area contributed by atoms with Crippen LogP contribution in [0.3, 0.4) is 0 Å². The summed E-state index contributed by atoms with van der Waals surface area (Å²) in [6.07, 6.45) is 5.14. The van der Waals surface area contributed by atoms with Gasteiger partial charge < -0.3 is 4.74 Å². The molecule has 1 aromatic heterocycles. The summed E-state index contributed by atoms with van der Waals surface area (Å²) in [7, 11) is 1.50. The summed E-state index contributed by atoms with van der Waals surface area (Å²) < 4.78 is 18.4. The lowest BCUT2D eigenvalue weighted by Gasteiger charge is -2.06. The van der Waals surface area contributed by atoms with Crippen LogP contribution in [0.4, 0.5) is 4.39 Å². The lowest BCUT2D eigenvalue weighted by atomic mass is 10.2. The van der Waals surface area contributed by atoms with E-state index in [0.717, 1.165) is 0 Å². The van der Waals surface area contributed by atoms with Crippen LogP contribution >= 0.6 is 15.9 Å². The van der Waals surface area contributed by atoms with Crippen molar-refractivity contribution in [3.8, 4) is 5.88 Å². The molecule has 0 spiro atoms. The Morgan fingerprint density at radius 1 is 1.50 bits per heavy atom. The van der Waals surface area contributed by atoms with E-state index in [1.807, 2.05) is 20.8 Å². The van der Waals surface area contributed by atoms with Gasteiger partial charge in [0.05, 0.1) is 12.5 Å². The van der Waals surface area contributed by atoms with E-state index in [0.29, 0.717) is 22.0 Å². The van der Waals surface area contributed by atoms with Crippen molar-refractivity contribution < 1.29 is 9.13 Å². The number of nitrogens with zero attached hydrogens (tertiary/aromatic N) is 1. The van der Waals surface area contributed by atoms with Crippen molar-refractivity contribution in [2.45, 2.75) is 25.9 Å². The maximum absolute atomic E-state index is 13.4. The van der Waals surface area contributed by atoms with Crippen molar-refractivity contribution in [2.75, 3.05) is 7.11 Å². The third-order valence-electron chi connectivity index (χ3n) is 2.10. The third kappa shape index (κ3) is 4.26. The first kappa shape index (κ1) is 16.8. The number of hydrogen-bond donors (Lipinski definition) is 0. The Kier molecular flexibility index (Phi) is 8.29. The molecule has 1 atom stereocenters. The molecule has 0 aliphatic heterocycles. The first-order valence-corrected chi connectivity index (χ1v) is 6.67. The molecule has 0 aromatic carbocycles. The zero-order valence-electron chi connectivity index (χ0n) is 11.2. The molecule has 2 nitrogen and oxygen atoms in total. The SMILES string of the molecule is C=C/C=c1/c(C(F)Br)cc(OC)n/c1=C/C.CC. The number of allylic oxidation sites excluding steroid dienone is 1. The number of hydrogen-bond acceptors (Lipinski definition) is 2. The average molecular weight is 316 g/mol. The second-order valence-corrected chi connectivity index (χ2v) is 3.85. The van der Waals surface area contributed by atoms with Crippen molar-refractivity contribution in [1.82, 2.24) is 4.98 Å². The molecule has 1 unspecified atom stereocenters. The minimum absolute atomic E-state index is 0.395. The molecule has 1 rings (SSSR count). The highest BCUT2D eigenvalue weighted by Crippen LogP contribution is 2.21. The fourth-order valence-electron chi connectivity index (χ4n) is 1.37. The zero-order chi connectivity index (χ0) is 14.1. The van der Waals surface area contributed by atoms with Gasteiger partial charge in [-0.3, -0.25) is 0 Å². The van der Waals surface area contributed by atoms with E-state index in [1.165, 1.54) is 7.11 Å². The fourth-order valence-corrected chi connectivity index (χ4v) is 1.75. The number of rotatable bonds is 3. The Bertz CT molecular complexity index is 497. The second-order valence-electron chi connectivity index (χ2n) is 3.04. The van der Waals surface area contributed by atoms with Gasteiger partial charge in [-0.2, -0.15) is 0 Å². The first-order chi connectivity index (χ1) is 8.63. The summed E-state index contributed by atoms with van der Waals surface area (Å²) >= 11 is 2.91. The van der Waals surface area contributed by atoms with Gasteiger partial charge in [0.2, 0.25) is 5.88 Å². The summed E-state index contributed by atoms with van der Waals surface area (Å²) in [5.41, 5.74) is 0.486.